The van der Waals surface area contributed by atoms with Crippen LogP contribution in [0.1, 0.15) is 41.0 Å². The second-order valence-electron chi connectivity index (χ2n) is 5.27. The Labute approximate surface area is 119 Å². The Kier molecular flexibility index (Phi) is 3.81. The molecule has 2 heterocycles. The van der Waals surface area contributed by atoms with Gasteiger partial charge in [0.05, 0.1) is 24.5 Å². The van der Waals surface area contributed by atoms with Crippen LogP contribution in [0.25, 0.3) is 0 Å². The summed E-state index contributed by atoms with van der Waals surface area (Å²) in [5.74, 6) is 0. The number of ether oxygens (including phenoxy) is 1. The average Bonchev–Trinajstić information content (AvgIpc) is 2.48. The predicted octanol–water partition coefficient (Wildman–Crippen LogP) is 3.13. The molecule has 104 valence electrons. The van der Waals surface area contributed by atoms with Crippen molar-refractivity contribution in [3.63, 3.8) is 0 Å². The third kappa shape index (κ3) is 2.60. The third-order valence-corrected chi connectivity index (χ3v) is 3.90. The van der Waals surface area contributed by atoms with E-state index in [1.165, 1.54) is 11.1 Å². The first-order valence-electron chi connectivity index (χ1n) is 7.04. The van der Waals surface area contributed by atoms with Crippen molar-refractivity contribution in [2.75, 3.05) is 6.61 Å². The van der Waals surface area contributed by atoms with Crippen LogP contribution in [0.3, 0.4) is 0 Å². The summed E-state index contributed by atoms with van der Waals surface area (Å²) < 4.78 is 5.85. The van der Waals surface area contributed by atoms with Gasteiger partial charge in [0.25, 0.3) is 0 Å². The Hall–Kier alpha value is -1.71. The smallest absolute Gasteiger partial charge is 0.0990 e. The van der Waals surface area contributed by atoms with Crippen LogP contribution in [0.2, 0.25) is 0 Å². The molecule has 0 saturated carbocycles. The van der Waals surface area contributed by atoms with Gasteiger partial charge in [0.1, 0.15) is 0 Å². The van der Waals surface area contributed by atoms with Crippen molar-refractivity contribution in [3.8, 4) is 0 Å². The number of rotatable bonds is 3. The fourth-order valence-electron chi connectivity index (χ4n) is 2.83. The number of aromatic nitrogens is 1. The largest absolute Gasteiger partial charge is 0.387 e. The molecule has 0 amide bonds. The summed E-state index contributed by atoms with van der Waals surface area (Å²) in [6.45, 7) is 2.69. The molecule has 2 atom stereocenters. The van der Waals surface area contributed by atoms with Gasteiger partial charge in [0.15, 0.2) is 0 Å². The number of aryl methyl sites for hydroxylation is 1. The molecule has 2 unspecified atom stereocenters. The highest BCUT2D eigenvalue weighted by Crippen LogP contribution is 2.34. The molecular weight excluding hydrogens is 250 g/mol. The summed E-state index contributed by atoms with van der Waals surface area (Å²) in [6, 6.07) is 12.2. The number of fused-ring (bicyclic) bond motifs is 1. The van der Waals surface area contributed by atoms with Gasteiger partial charge in [-0.2, -0.15) is 0 Å². The zero-order chi connectivity index (χ0) is 13.9. The first-order valence-corrected chi connectivity index (χ1v) is 7.04. The standard InChI is InChI=1S/C17H19NO2/c1-12-5-4-9-18-17(12)15(19)11-16-14-7-3-2-6-13(14)8-10-20-16/h2-7,9,15-16,19H,8,10-11H2,1H3. The second kappa shape index (κ2) is 5.73. The molecule has 0 bridgehead atoms. The Balaban J connectivity index is 1.81. The van der Waals surface area contributed by atoms with E-state index in [0.29, 0.717) is 6.42 Å². The van der Waals surface area contributed by atoms with E-state index in [9.17, 15) is 5.11 Å². The molecule has 3 rings (SSSR count). The minimum absolute atomic E-state index is 0.0450. The van der Waals surface area contributed by atoms with Crippen LogP contribution in [-0.4, -0.2) is 16.7 Å². The van der Waals surface area contributed by atoms with E-state index in [4.69, 9.17) is 4.74 Å². The Morgan fingerprint density at radius 2 is 2.15 bits per heavy atom. The molecule has 1 aliphatic rings. The Morgan fingerprint density at radius 3 is 3.00 bits per heavy atom. The predicted molar refractivity (Wildman–Crippen MR) is 77.4 cm³/mol. The second-order valence-corrected chi connectivity index (χ2v) is 5.27. The maximum atomic E-state index is 10.4. The fraction of sp³-hybridized carbons (Fsp3) is 0.353. The molecule has 0 fully saturated rings. The summed E-state index contributed by atoms with van der Waals surface area (Å²) in [6.07, 6.45) is 2.59. The maximum Gasteiger partial charge on any atom is 0.0990 e. The van der Waals surface area contributed by atoms with Crippen molar-refractivity contribution in [2.45, 2.75) is 32.0 Å². The fourth-order valence-corrected chi connectivity index (χ4v) is 2.83. The van der Waals surface area contributed by atoms with E-state index in [1.54, 1.807) is 6.20 Å². The minimum Gasteiger partial charge on any atom is -0.387 e. The van der Waals surface area contributed by atoms with Gasteiger partial charge in [-0.3, -0.25) is 4.98 Å². The van der Waals surface area contributed by atoms with E-state index < -0.39 is 6.10 Å². The van der Waals surface area contributed by atoms with Gasteiger partial charge >= 0.3 is 0 Å². The zero-order valence-corrected chi connectivity index (χ0v) is 11.6. The first-order chi connectivity index (χ1) is 9.75. The lowest BCUT2D eigenvalue weighted by Crippen LogP contribution is -2.19. The summed E-state index contributed by atoms with van der Waals surface area (Å²) in [5, 5.41) is 10.4. The third-order valence-electron chi connectivity index (χ3n) is 3.90. The van der Waals surface area contributed by atoms with Crippen LogP contribution < -0.4 is 0 Å². The molecule has 0 radical (unpaired) electrons. The van der Waals surface area contributed by atoms with Gasteiger partial charge in [0, 0.05) is 12.6 Å². The van der Waals surface area contributed by atoms with Crippen molar-refractivity contribution >= 4 is 0 Å². The van der Waals surface area contributed by atoms with Crippen LogP contribution in [0, 0.1) is 6.92 Å². The molecule has 3 nitrogen and oxygen atoms in total. The topological polar surface area (TPSA) is 42.4 Å². The first kappa shape index (κ1) is 13.3. The molecule has 1 aromatic heterocycles. The number of aliphatic hydroxyl groups excluding tert-OH is 1. The molecule has 0 aliphatic carbocycles. The van der Waals surface area contributed by atoms with Crippen LogP contribution in [0.4, 0.5) is 0 Å². The maximum absolute atomic E-state index is 10.4. The van der Waals surface area contributed by atoms with Gasteiger partial charge in [-0.15, -0.1) is 0 Å². The van der Waals surface area contributed by atoms with Crippen molar-refractivity contribution < 1.29 is 9.84 Å². The molecule has 1 N–H and O–H groups in total. The van der Waals surface area contributed by atoms with Gasteiger partial charge in [-0.05, 0) is 36.1 Å². The lowest BCUT2D eigenvalue weighted by atomic mass is 9.93. The molecular formula is C17H19NO2. The SMILES string of the molecule is Cc1cccnc1C(O)CC1OCCc2ccccc21. The van der Waals surface area contributed by atoms with E-state index in [-0.39, 0.29) is 6.10 Å². The molecule has 0 spiro atoms. The molecule has 2 aromatic rings. The molecule has 0 saturated heterocycles. The number of hydrogen-bond acceptors (Lipinski definition) is 3. The van der Waals surface area contributed by atoms with Crippen LogP contribution in [0.5, 0.6) is 0 Å². The van der Waals surface area contributed by atoms with E-state index >= 15 is 0 Å². The van der Waals surface area contributed by atoms with Gasteiger partial charge in [0.2, 0.25) is 0 Å². The highest BCUT2D eigenvalue weighted by Gasteiger charge is 2.24. The van der Waals surface area contributed by atoms with Crippen molar-refractivity contribution in [1.29, 1.82) is 0 Å². The van der Waals surface area contributed by atoms with Crippen molar-refractivity contribution in [1.82, 2.24) is 4.98 Å². The summed E-state index contributed by atoms with van der Waals surface area (Å²) in [4.78, 5) is 4.29. The highest BCUT2D eigenvalue weighted by atomic mass is 16.5. The quantitative estimate of drug-likeness (QED) is 0.931. The Bertz CT molecular complexity index is 597. The van der Waals surface area contributed by atoms with Crippen LogP contribution in [0.15, 0.2) is 42.6 Å². The number of hydrogen-bond donors (Lipinski definition) is 1. The van der Waals surface area contributed by atoms with Gasteiger partial charge in [-0.25, -0.2) is 0 Å². The molecule has 1 aliphatic heterocycles. The minimum atomic E-state index is -0.590. The monoisotopic (exact) mass is 269 g/mol. The Morgan fingerprint density at radius 1 is 1.30 bits per heavy atom. The number of aliphatic hydroxyl groups is 1. The molecule has 1 aromatic carbocycles. The molecule has 20 heavy (non-hydrogen) atoms. The van der Waals surface area contributed by atoms with Crippen molar-refractivity contribution in [2.24, 2.45) is 0 Å². The summed E-state index contributed by atoms with van der Waals surface area (Å²) in [7, 11) is 0. The van der Waals surface area contributed by atoms with Gasteiger partial charge in [-0.1, -0.05) is 30.3 Å². The van der Waals surface area contributed by atoms with Crippen LogP contribution in [-0.2, 0) is 11.2 Å². The van der Waals surface area contributed by atoms with Gasteiger partial charge < -0.3 is 9.84 Å². The summed E-state index contributed by atoms with van der Waals surface area (Å²) >= 11 is 0. The molecule has 3 heteroatoms. The van der Waals surface area contributed by atoms with E-state index in [1.807, 2.05) is 25.1 Å². The lowest BCUT2D eigenvalue weighted by Gasteiger charge is -2.27. The van der Waals surface area contributed by atoms with Crippen molar-refractivity contribution in [3.05, 3.63) is 65.0 Å². The number of benzene rings is 1. The van der Waals surface area contributed by atoms with E-state index in [2.05, 4.69) is 23.2 Å². The number of pyridine rings is 1. The zero-order valence-electron chi connectivity index (χ0n) is 11.6. The van der Waals surface area contributed by atoms with Crippen LogP contribution >= 0.6 is 0 Å². The normalized spacial score (nSPS) is 19.4. The highest BCUT2D eigenvalue weighted by molar-refractivity contribution is 5.31. The summed E-state index contributed by atoms with van der Waals surface area (Å²) in [5.41, 5.74) is 4.29. The van der Waals surface area contributed by atoms with E-state index in [0.717, 1.165) is 24.3 Å². The lowest BCUT2D eigenvalue weighted by molar-refractivity contribution is 0.00268. The number of nitrogens with zero attached hydrogens (tertiary/aromatic N) is 1. The average molecular weight is 269 g/mol.